The van der Waals surface area contributed by atoms with Crippen LogP contribution in [0.5, 0.6) is 0 Å². The number of hydrogen-bond donors (Lipinski definition) is 3. The Morgan fingerprint density at radius 3 is 1.66 bits per heavy atom. The predicted molar refractivity (Wildman–Crippen MR) is 217 cm³/mol. The average molecular weight is 770 g/mol. The molecule has 11 heteroatoms. The van der Waals surface area contributed by atoms with Crippen molar-refractivity contribution in [1.82, 2.24) is 0 Å². The van der Waals surface area contributed by atoms with Gasteiger partial charge in [-0.25, -0.2) is 4.57 Å². The Hall–Kier alpha value is -2.07. The Labute approximate surface area is 322 Å². The van der Waals surface area contributed by atoms with E-state index < -0.39 is 45.1 Å². The van der Waals surface area contributed by atoms with E-state index in [2.05, 4.69) is 62.5 Å². The van der Waals surface area contributed by atoms with Crippen LogP contribution in [0.3, 0.4) is 0 Å². The van der Waals surface area contributed by atoms with Gasteiger partial charge < -0.3 is 25.2 Å². The summed E-state index contributed by atoms with van der Waals surface area (Å²) in [6.07, 6.45) is 43.1. The lowest BCUT2D eigenvalue weighted by Crippen LogP contribution is -2.34. The van der Waals surface area contributed by atoms with Gasteiger partial charge in [0.2, 0.25) is 0 Å². The number of esters is 1. The highest BCUT2D eigenvalue weighted by atomic mass is 31.2. The lowest BCUT2D eigenvalue weighted by atomic mass is 10.1. The van der Waals surface area contributed by atoms with Crippen molar-refractivity contribution in [3.05, 3.63) is 48.6 Å². The van der Waals surface area contributed by atoms with Crippen LogP contribution in [-0.2, 0) is 32.7 Å². The standard InChI is InChI=1S/C42H76NO9P/c1-3-5-7-9-11-13-15-17-18-19-20-21-23-25-27-29-31-33-35-49-36-39(37-50-53(47,48)51-38-40(43)42(45)46)52-41(44)34-32-30-28-26-24-22-16-14-12-10-8-6-4-2/h6,8,12,14,17-18,22,24,39-40H,3-5,7,9-11,13,15-16,19-21,23,25-38,43H2,1-2H3,(H,45,46)(H,47,48)/b8-6-,14-12-,18-17-,24-22-. The molecule has 0 bridgehead atoms. The number of carboxylic acids is 1. The van der Waals surface area contributed by atoms with Crippen LogP contribution in [0, 0.1) is 0 Å². The van der Waals surface area contributed by atoms with Crippen molar-refractivity contribution in [3.63, 3.8) is 0 Å². The Kier molecular flexibility index (Phi) is 36.7. The number of unbranched alkanes of at least 4 members (excludes halogenated alkanes) is 17. The van der Waals surface area contributed by atoms with Crippen molar-refractivity contribution in [2.75, 3.05) is 26.4 Å². The molecule has 0 amide bonds. The van der Waals surface area contributed by atoms with E-state index in [9.17, 15) is 19.0 Å². The van der Waals surface area contributed by atoms with Crippen molar-refractivity contribution in [2.24, 2.45) is 5.73 Å². The average Bonchev–Trinajstić information content (AvgIpc) is 3.13. The number of carboxylic acid groups (broad SMARTS) is 1. The van der Waals surface area contributed by atoms with E-state index in [1.165, 1.54) is 83.5 Å². The quantitative estimate of drug-likeness (QED) is 0.0238. The Bertz CT molecular complexity index is 1030. The van der Waals surface area contributed by atoms with Gasteiger partial charge in [0.1, 0.15) is 12.1 Å². The first kappa shape index (κ1) is 50.9. The Morgan fingerprint density at radius 1 is 0.623 bits per heavy atom. The number of carbonyl (C=O) groups excluding carboxylic acids is 1. The summed E-state index contributed by atoms with van der Waals surface area (Å²) in [6, 6.07) is -1.48. The predicted octanol–water partition coefficient (Wildman–Crippen LogP) is 11.1. The van der Waals surface area contributed by atoms with Crippen LogP contribution < -0.4 is 5.73 Å². The molecule has 0 rings (SSSR count). The minimum atomic E-state index is -4.62. The number of rotatable bonds is 39. The maximum Gasteiger partial charge on any atom is 0.472 e. The molecule has 3 atom stereocenters. The number of carbonyl (C=O) groups is 2. The first-order valence-corrected chi connectivity index (χ1v) is 22.2. The smallest absolute Gasteiger partial charge is 0.472 e. The van der Waals surface area contributed by atoms with Gasteiger partial charge in [-0.2, -0.15) is 0 Å². The normalized spacial score (nSPS) is 14.5. The molecule has 0 radical (unpaired) electrons. The summed E-state index contributed by atoms with van der Waals surface area (Å²) < 4.78 is 33.2. The molecule has 0 saturated carbocycles. The third-order valence-electron chi connectivity index (χ3n) is 8.59. The van der Waals surface area contributed by atoms with Crippen LogP contribution in [0.2, 0.25) is 0 Å². The molecule has 4 N–H and O–H groups in total. The second-order valence-corrected chi connectivity index (χ2v) is 15.2. The fourth-order valence-corrected chi connectivity index (χ4v) is 6.15. The molecule has 0 fully saturated rings. The zero-order chi connectivity index (χ0) is 39.1. The molecule has 0 aromatic heterocycles. The molecule has 0 aromatic rings. The van der Waals surface area contributed by atoms with Crippen LogP contribution in [0.25, 0.3) is 0 Å². The van der Waals surface area contributed by atoms with Crippen molar-refractivity contribution >= 4 is 19.8 Å². The topological polar surface area (TPSA) is 155 Å². The molecule has 308 valence electrons. The molecule has 0 heterocycles. The molecule has 0 saturated heterocycles. The molecular formula is C42H76NO9P. The molecule has 0 aliphatic rings. The minimum absolute atomic E-state index is 0.00190. The Balaban J connectivity index is 4.28. The number of aliphatic carboxylic acids is 1. The molecule has 0 spiro atoms. The monoisotopic (exact) mass is 770 g/mol. The lowest BCUT2D eigenvalue weighted by molar-refractivity contribution is -0.154. The number of nitrogens with two attached hydrogens (primary N) is 1. The third kappa shape index (κ3) is 38.0. The minimum Gasteiger partial charge on any atom is -0.480 e. The first-order chi connectivity index (χ1) is 25.7. The number of hydrogen-bond acceptors (Lipinski definition) is 8. The van der Waals surface area contributed by atoms with E-state index in [1.807, 2.05) is 0 Å². The molecule has 10 nitrogen and oxygen atoms in total. The van der Waals surface area contributed by atoms with Gasteiger partial charge in [-0.05, 0) is 70.6 Å². The third-order valence-corrected chi connectivity index (χ3v) is 9.54. The molecular weight excluding hydrogens is 693 g/mol. The van der Waals surface area contributed by atoms with E-state index in [0.29, 0.717) is 13.0 Å². The SMILES string of the molecule is CC/C=C\C/C=C\C/C=C\CCCCCC(=O)OC(COCCCCCCCCCC/C=C\CCCCCCCC)COP(=O)(O)OCC(N)C(=O)O. The second kappa shape index (κ2) is 38.2. The van der Waals surface area contributed by atoms with Crippen LogP contribution in [0.15, 0.2) is 48.6 Å². The maximum atomic E-state index is 12.6. The zero-order valence-corrected chi connectivity index (χ0v) is 34.2. The van der Waals surface area contributed by atoms with E-state index in [0.717, 1.165) is 57.8 Å². The second-order valence-electron chi connectivity index (χ2n) is 13.7. The van der Waals surface area contributed by atoms with Gasteiger partial charge in [0, 0.05) is 13.0 Å². The highest BCUT2D eigenvalue weighted by Gasteiger charge is 2.27. The molecule has 3 unspecified atom stereocenters. The van der Waals surface area contributed by atoms with Gasteiger partial charge in [-0.1, -0.05) is 140 Å². The summed E-state index contributed by atoms with van der Waals surface area (Å²) in [7, 11) is -4.62. The summed E-state index contributed by atoms with van der Waals surface area (Å²) in [5.41, 5.74) is 5.34. The molecule has 0 aliphatic heterocycles. The fourth-order valence-electron chi connectivity index (χ4n) is 5.38. The molecule has 0 aromatic carbocycles. The highest BCUT2D eigenvalue weighted by Crippen LogP contribution is 2.43. The molecule has 0 aliphatic carbocycles. The van der Waals surface area contributed by atoms with Gasteiger partial charge in [0.25, 0.3) is 0 Å². The summed E-state index contributed by atoms with van der Waals surface area (Å²) >= 11 is 0. The summed E-state index contributed by atoms with van der Waals surface area (Å²) in [4.78, 5) is 33.4. The number of allylic oxidation sites excluding steroid dienone is 8. The number of phosphoric acid groups is 1. The van der Waals surface area contributed by atoms with Crippen molar-refractivity contribution in [2.45, 2.75) is 180 Å². The van der Waals surface area contributed by atoms with Crippen molar-refractivity contribution in [3.8, 4) is 0 Å². The van der Waals surface area contributed by atoms with Gasteiger partial charge in [-0.3, -0.25) is 18.6 Å². The first-order valence-electron chi connectivity index (χ1n) is 20.7. The number of phosphoric ester groups is 1. The van der Waals surface area contributed by atoms with E-state index >= 15 is 0 Å². The summed E-state index contributed by atoms with van der Waals surface area (Å²) in [5.74, 6) is -1.81. The van der Waals surface area contributed by atoms with E-state index in [1.54, 1.807) is 0 Å². The fraction of sp³-hybridized carbons (Fsp3) is 0.762. The van der Waals surface area contributed by atoms with E-state index in [-0.39, 0.29) is 13.0 Å². The van der Waals surface area contributed by atoms with Gasteiger partial charge in [0.05, 0.1) is 19.8 Å². The maximum absolute atomic E-state index is 12.6. The number of ether oxygens (including phenoxy) is 2. The van der Waals surface area contributed by atoms with Crippen LogP contribution in [0.4, 0.5) is 0 Å². The Morgan fingerprint density at radius 2 is 1.09 bits per heavy atom. The van der Waals surface area contributed by atoms with E-state index in [4.69, 9.17) is 29.4 Å². The lowest BCUT2D eigenvalue weighted by Gasteiger charge is -2.20. The van der Waals surface area contributed by atoms with Crippen LogP contribution >= 0.6 is 7.82 Å². The van der Waals surface area contributed by atoms with Crippen LogP contribution in [0.1, 0.15) is 168 Å². The van der Waals surface area contributed by atoms with Gasteiger partial charge in [-0.15, -0.1) is 0 Å². The van der Waals surface area contributed by atoms with Crippen molar-refractivity contribution in [1.29, 1.82) is 0 Å². The largest absolute Gasteiger partial charge is 0.480 e. The molecule has 53 heavy (non-hydrogen) atoms. The van der Waals surface area contributed by atoms with Gasteiger partial charge in [0.15, 0.2) is 0 Å². The van der Waals surface area contributed by atoms with Crippen molar-refractivity contribution < 1.29 is 42.7 Å². The van der Waals surface area contributed by atoms with Gasteiger partial charge >= 0.3 is 19.8 Å². The zero-order valence-electron chi connectivity index (χ0n) is 33.3. The summed E-state index contributed by atoms with van der Waals surface area (Å²) in [5, 5.41) is 8.88. The summed E-state index contributed by atoms with van der Waals surface area (Å²) in [6.45, 7) is 3.71. The van der Waals surface area contributed by atoms with Crippen LogP contribution in [-0.4, -0.2) is 60.5 Å². The highest BCUT2D eigenvalue weighted by molar-refractivity contribution is 7.47.